The average Bonchev–Trinajstić information content (AvgIpc) is 2.63. The van der Waals surface area contributed by atoms with Crippen molar-refractivity contribution in [3.05, 3.63) is 50.4 Å². The second-order valence-corrected chi connectivity index (χ2v) is 14.5. The third-order valence-corrected chi connectivity index (χ3v) is 6.65. The van der Waals surface area contributed by atoms with Crippen LogP contribution in [-0.2, 0) is 22.7 Å². The third kappa shape index (κ3) is 10.6. The van der Waals surface area contributed by atoms with Crippen LogP contribution < -0.4 is 0 Å². The van der Waals surface area contributed by atoms with E-state index in [0.717, 1.165) is 22.5 Å². The van der Waals surface area contributed by atoms with E-state index >= 15 is 0 Å². The van der Waals surface area contributed by atoms with Crippen LogP contribution in [0.4, 0.5) is 0 Å². The molecule has 0 radical (unpaired) electrons. The van der Waals surface area contributed by atoms with Gasteiger partial charge in [0.05, 0.1) is 24.6 Å². The highest BCUT2D eigenvalue weighted by molar-refractivity contribution is 9.10. The van der Waals surface area contributed by atoms with E-state index in [2.05, 4.69) is 61.5 Å². The van der Waals surface area contributed by atoms with Gasteiger partial charge in [-0.05, 0) is 68.6 Å². The van der Waals surface area contributed by atoms with Crippen molar-refractivity contribution in [3.8, 4) is 5.75 Å². The van der Waals surface area contributed by atoms with Crippen molar-refractivity contribution in [1.82, 2.24) is 9.97 Å². The molecule has 0 amide bonds. The number of hydrogen-bond donors (Lipinski definition) is 2. The second-order valence-electron chi connectivity index (χ2n) is 7.37. The molecule has 0 unspecified atom stereocenters. The van der Waals surface area contributed by atoms with Gasteiger partial charge in [0.15, 0.2) is 0 Å². The first-order valence-electron chi connectivity index (χ1n) is 8.85. The fourth-order valence-corrected chi connectivity index (χ4v) is 3.29. The van der Waals surface area contributed by atoms with Crippen molar-refractivity contribution < 1.29 is 19.7 Å². The molecule has 0 aliphatic carbocycles. The molecule has 156 valence electrons. The molecule has 2 rings (SSSR count). The largest absolute Gasteiger partial charge is 0.505 e. The van der Waals surface area contributed by atoms with Gasteiger partial charge in [-0.2, -0.15) is 0 Å². The van der Waals surface area contributed by atoms with Crippen molar-refractivity contribution in [2.75, 3.05) is 13.4 Å². The molecular formula is C19H28Br2N2O4Si. The minimum Gasteiger partial charge on any atom is -0.505 e. The number of aliphatic hydroxyl groups is 1. The number of aromatic nitrogens is 2. The summed E-state index contributed by atoms with van der Waals surface area (Å²) in [6.07, 6.45) is 0. The molecule has 2 aromatic rings. The minimum atomic E-state index is -0.994. The standard InChI is InChI=1S/C13H22BrNO2Si.C6H6BrNO2/c1-11-5-6-12(15-13(11)14)9-17-10-16-7-8-18(2,3)4;7-6-5(10)2-1-4(3-9)8-6/h5-6H,7-10H2,1-4H3;1-2,9-10H,3H2. The van der Waals surface area contributed by atoms with E-state index in [1.165, 1.54) is 12.1 Å². The predicted octanol–water partition coefficient (Wildman–Crippen LogP) is 5.02. The van der Waals surface area contributed by atoms with Crippen LogP contribution >= 0.6 is 31.9 Å². The van der Waals surface area contributed by atoms with E-state index in [-0.39, 0.29) is 12.4 Å². The number of pyridine rings is 2. The Morgan fingerprint density at radius 3 is 2.18 bits per heavy atom. The van der Waals surface area contributed by atoms with Gasteiger partial charge in [0.2, 0.25) is 0 Å². The number of rotatable bonds is 8. The highest BCUT2D eigenvalue weighted by Crippen LogP contribution is 2.20. The van der Waals surface area contributed by atoms with Gasteiger partial charge >= 0.3 is 0 Å². The van der Waals surface area contributed by atoms with Crippen molar-refractivity contribution in [1.29, 1.82) is 0 Å². The molecule has 0 spiro atoms. The Hall–Kier alpha value is -0.843. The van der Waals surface area contributed by atoms with Crippen LogP contribution in [0.2, 0.25) is 25.7 Å². The molecule has 0 saturated heterocycles. The molecule has 2 aromatic heterocycles. The predicted molar refractivity (Wildman–Crippen MR) is 120 cm³/mol. The fraction of sp³-hybridized carbons (Fsp3) is 0.474. The lowest BCUT2D eigenvalue weighted by atomic mass is 10.3. The van der Waals surface area contributed by atoms with Crippen molar-refractivity contribution in [2.45, 2.75) is 45.8 Å². The van der Waals surface area contributed by atoms with Gasteiger partial charge in [-0.3, -0.25) is 0 Å². The van der Waals surface area contributed by atoms with Crippen molar-refractivity contribution >= 4 is 39.9 Å². The highest BCUT2D eigenvalue weighted by atomic mass is 79.9. The summed E-state index contributed by atoms with van der Waals surface area (Å²) in [5.41, 5.74) is 2.58. The quantitative estimate of drug-likeness (QED) is 0.213. The van der Waals surface area contributed by atoms with Crippen LogP contribution in [0.1, 0.15) is 17.0 Å². The number of aliphatic hydroxyl groups excluding tert-OH is 1. The van der Waals surface area contributed by atoms with E-state index in [4.69, 9.17) is 19.7 Å². The number of halogens is 2. The first kappa shape index (κ1) is 25.2. The topological polar surface area (TPSA) is 84.7 Å². The first-order valence-corrected chi connectivity index (χ1v) is 14.1. The molecular weight excluding hydrogens is 508 g/mol. The maximum absolute atomic E-state index is 8.95. The Morgan fingerprint density at radius 2 is 1.61 bits per heavy atom. The Balaban J connectivity index is 0.000000330. The highest BCUT2D eigenvalue weighted by Gasteiger charge is 2.11. The molecule has 0 aromatic carbocycles. The van der Waals surface area contributed by atoms with Crippen LogP contribution in [0.5, 0.6) is 5.75 Å². The molecule has 2 heterocycles. The first-order chi connectivity index (χ1) is 13.1. The zero-order chi connectivity index (χ0) is 21.2. The van der Waals surface area contributed by atoms with Crippen molar-refractivity contribution in [2.24, 2.45) is 0 Å². The fourth-order valence-electron chi connectivity index (χ4n) is 1.82. The van der Waals surface area contributed by atoms with Gasteiger partial charge in [0.1, 0.15) is 21.7 Å². The van der Waals surface area contributed by atoms with Crippen LogP contribution in [-0.4, -0.2) is 41.7 Å². The molecule has 28 heavy (non-hydrogen) atoms. The summed E-state index contributed by atoms with van der Waals surface area (Å²) in [5.74, 6) is 0.0807. The summed E-state index contributed by atoms with van der Waals surface area (Å²) in [4.78, 5) is 8.18. The normalized spacial score (nSPS) is 11.1. The average molecular weight is 536 g/mol. The summed E-state index contributed by atoms with van der Waals surface area (Å²) < 4.78 is 12.1. The molecule has 9 heteroatoms. The van der Waals surface area contributed by atoms with Crippen molar-refractivity contribution in [3.63, 3.8) is 0 Å². The van der Waals surface area contributed by atoms with Gasteiger partial charge in [0.25, 0.3) is 0 Å². The zero-order valence-electron chi connectivity index (χ0n) is 16.7. The molecule has 0 saturated carbocycles. The molecule has 0 bridgehead atoms. The SMILES string of the molecule is Cc1ccc(COCOCC[Si](C)(C)C)nc1Br.OCc1ccc(O)c(Br)n1. The minimum absolute atomic E-state index is 0.0807. The van der Waals surface area contributed by atoms with E-state index in [0.29, 0.717) is 23.7 Å². The summed E-state index contributed by atoms with van der Waals surface area (Å²) >= 11 is 6.42. The van der Waals surface area contributed by atoms with Gasteiger partial charge in [-0.15, -0.1) is 0 Å². The summed E-state index contributed by atoms with van der Waals surface area (Å²) in [6.45, 7) is 10.5. The van der Waals surface area contributed by atoms with Gasteiger partial charge in [-0.25, -0.2) is 9.97 Å². The lowest BCUT2D eigenvalue weighted by Crippen LogP contribution is -2.22. The number of aryl methyl sites for hydroxylation is 1. The Bertz CT molecular complexity index is 742. The van der Waals surface area contributed by atoms with E-state index < -0.39 is 8.07 Å². The molecule has 0 atom stereocenters. The van der Waals surface area contributed by atoms with Gasteiger partial charge in [0, 0.05) is 14.7 Å². The van der Waals surface area contributed by atoms with Crippen LogP contribution in [0, 0.1) is 6.92 Å². The second kappa shape index (κ2) is 12.7. The number of ether oxygens (including phenoxy) is 2. The molecule has 6 nitrogen and oxygen atoms in total. The maximum Gasteiger partial charge on any atom is 0.148 e. The summed E-state index contributed by atoms with van der Waals surface area (Å²) in [6, 6.07) is 8.21. The summed E-state index contributed by atoms with van der Waals surface area (Å²) in [5, 5.41) is 17.5. The molecule has 0 fully saturated rings. The smallest absolute Gasteiger partial charge is 0.148 e. The van der Waals surface area contributed by atoms with Crippen LogP contribution in [0.25, 0.3) is 0 Å². The molecule has 0 aliphatic rings. The lowest BCUT2D eigenvalue weighted by molar-refractivity contribution is -0.0582. The monoisotopic (exact) mass is 534 g/mol. The maximum atomic E-state index is 8.95. The molecule has 2 N–H and O–H groups in total. The number of nitrogens with zero attached hydrogens (tertiary/aromatic N) is 2. The van der Waals surface area contributed by atoms with Gasteiger partial charge in [-0.1, -0.05) is 25.7 Å². The number of hydrogen-bond acceptors (Lipinski definition) is 6. The third-order valence-electron chi connectivity index (χ3n) is 3.55. The zero-order valence-corrected chi connectivity index (χ0v) is 20.9. The van der Waals surface area contributed by atoms with Gasteiger partial charge < -0.3 is 19.7 Å². The summed E-state index contributed by atoms with van der Waals surface area (Å²) in [7, 11) is -0.994. The lowest BCUT2D eigenvalue weighted by Gasteiger charge is -2.15. The van der Waals surface area contributed by atoms with Crippen LogP contribution in [0.3, 0.4) is 0 Å². The Kier molecular flexibility index (Phi) is 11.4. The van der Waals surface area contributed by atoms with E-state index in [1.807, 2.05) is 19.1 Å². The van der Waals surface area contributed by atoms with E-state index in [9.17, 15) is 0 Å². The number of aromatic hydroxyl groups is 1. The van der Waals surface area contributed by atoms with Crippen LogP contribution in [0.15, 0.2) is 33.5 Å². The molecule has 0 aliphatic heterocycles. The Labute approximate surface area is 184 Å². The Morgan fingerprint density at radius 1 is 0.964 bits per heavy atom. The van der Waals surface area contributed by atoms with E-state index in [1.54, 1.807) is 6.07 Å².